The van der Waals surface area contributed by atoms with Crippen LogP contribution in [0.15, 0.2) is 54.7 Å². The largest absolute Gasteiger partial charge is 0.326 e. The number of hydroxylamine groups is 1. The van der Waals surface area contributed by atoms with E-state index in [0.717, 1.165) is 0 Å². The van der Waals surface area contributed by atoms with Crippen LogP contribution in [-0.4, -0.2) is 32.7 Å². The molecular formula is C23H15Cl5N4O4. The molecule has 1 aliphatic carbocycles. The highest BCUT2D eigenvalue weighted by molar-refractivity contribution is 6.53. The van der Waals surface area contributed by atoms with Gasteiger partial charge in [0.1, 0.15) is 10.2 Å². The third kappa shape index (κ3) is 5.54. The zero-order valence-electron chi connectivity index (χ0n) is 17.9. The van der Waals surface area contributed by atoms with Gasteiger partial charge < -0.3 is 10.6 Å². The van der Waals surface area contributed by atoms with Crippen molar-refractivity contribution < 1.29 is 19.6 Å². The van der Waals surface area contributed by atoms with E-state index in [4.69, 9.17) is 58.0 Å². The molecule has 4 rings (SSSR count). The topological polar surface area (TPSA) is 112 Å². The zero-order valence-corrected chi connectivity index (χ0v) is 21.7. The number of halogens is 5. The van der Waals surface area contributed by atoms with E-state index in [0.29, 0.717) is 26.4 Å². The van der Waals surface area contributed by atoms with E-state index in [1.807, 2.05) is 0 Å². The van der Waals surface area contributed by atoms with Crippen LogP contribution in [0.3, 0.4) is 0 Å². The van der Waals surface area contributed by atoms with Gasteiger partial charge >= 0.3 is 0 Å². The number of hydrogen-bond donors (Lipinski definition) is 3. The van der Waals surface area contributed by atoms with E-state index < -0.39 is 28.0 Å². The minimum absolute atomic E-state index is 0.0639. The summed E-state index contributed by atoms with van der Waals surface area (Å²) in [6.45, 7) is 0. The second-order valence-electron chi connectivity index (χ2n) is 7.82. The molecule has 1 heterocycles. The van der Waals surface area contributed by atoms with Crippen LogP contribution in [0.2, 0.25) is 15.1 Å². The lowest BCUT2D eigenvalue weighted by Gasteiger charge is -2.11. The smallest absolute Gasteiger partial charge is 0.258 e. The summed E-state index contributed by atoms with van der Waals surface area (Å²) in [5, 5.41) is 15.9. The van der Waals surface area contributed by atoms with Crippen molar-refractivity contribution in [1.29, 1.82) is 0 Å². The maximum Gasteiger partial charge on any atom is 0.258 e. The molecular weight excluding hydrogens is 574 g/mol. The van der Waals surface area contributed by atoms with Crippen LogP contribution in [0.4, 0.5) is 17.2 Å². The van der Waals surface area contributed by atoms with Crippen LogP contribution in [0.25, 0.3) is 0 Å². The Kier molecular flexibility index (Phi) is 7.66. The van der Waals surface area contributed by atoms with Crippen LogP contribution in [-0.2, 0) is 9.59 Å². The first-order valence-electron chi connectivity index (χ1n) is 10.2. The number of anilines is 3. The third-order valence-electron chi connectivity index (χ3n) is 5.41. The van der Waals surface area contributed by atoms with E-state index in [2.05, 4.69) is 15.6 Å². The molecule has 186 valence electrons. The molecule has 1 aliphatic rings. The van der Waals surface area contributed by atoms with E-state index in [1.165, 1.54) is 36.5 Å². The maximum atomic E-state index is 13.0. The summed E-state index contributed by atoms with van der Waals surface area (Å²) in [6, 6.07) is 12.0. The van der Waals surface area contributed by atoms with Crippen LogP contribution < -0.4 is 15.7 Å². The van der Waals surface area contributed by atoms with Gasteiger partial charge in [-0.15, -0.1) is 23.2 Å². The van der Waals surface area contributed by atoms with Crippen molar-refractivity contribution in [3.05, 3.63) is 80.9 Å². The van der Waals surface area contributed by atoms with Gasteiger partial charge in [0, 0.05) is 21.7 Å². The molecule has 0 bridgehead atoms. The Morgan fingerprint density at radius 2 is 1.69 bits per heavy atom. The average molecular weight is 589 g/mol. The molecule has 13 heteroatoms. The maximum absolute atomic E-state index is 13.0. The third-order valence-corrected chi connectivity index (χ3v) is 7.12. The van der Waals surface area contributed by atoms with Gasteiger partial charge in [-0.2, -0.15) is 5.06 Å². The molecule has 0 saturated heterocycles. The lowest BCUT2D eigenvalue weighted by molar-refractivity contribution is -0.117. The number of nitrogens with zero attached hydrogens (tertiary/aromatic N) is 2. The first-order chi connectivity index (χ1) is 17.0. The summed E-state index contributed by atoms with van der Waals surface area (Å²) in [5.41, 5.74) is 1.09. The number of aromatic nitrogens is 1. The Bertz CT molecular complexity index is 1330. The fourth-order valence-electron chi connectivity index (χ4n) is 3.66. The molecule has 8 nitrogen and oxygen atoms in total. The van der Waals surface area contributed by atoms with Gasteiger partial charge in [-0.25, -0.2) is 4.98 Å². The molecule has 0 spiro atoms. The molecule has 0 aliphatic heterocycles. The van der Waals surface area contributed by atoms with E-state index >= 15 is 0 Å². The Labute approximate surface area is 230 Å². The van der Waals surface area contributed by atoms with Crippen molar-refractivity contribution in [1.82, 2.24) is 4.98 Å². The number of benzene rings is 2. The van der Waals surface area contributed by atoms with E-state index in [-0.39, 0.29) is 28.5 Å². The molecule has 36 heavy (non-hydrogen) atoms. The molecule has 0 radical (unpaired) electrons. The van der Waals surface area contributed by atoms with Gasteiger partial charge in [0.15, 0.2) is 0 Å². The molecule has 3 aromatic rings. The number of amides is 3. The highest BCUT2D eigenvalue weighted by Crippen LogP contribution is 2.65. The Balaban J connectivity index is 1.48. The molecule has 1 fully saturated rings. The fraction of sp³-hybridized carbons (Fsp3) is 0.130. The summed E-state index contributed by atoms with van der Waals surface area (Å²) in [6.07, 6.45) is 1.38. The highest BCUT2D eigenvalue weighted by Gasteiger charge is 2.67. The van der Waals surface area contributed by atoms with Gasteiger partial charge in [0.25, 0.3) is 5.91 Å². The first kappa shape index (κ1) is 26.5. The number of hydrogen-bond acceptors (Lipinski definition) is 5. The van der Waals surface area contributed by atoms with Crippen LogP contribution in [0, 0.1) is 5.92 Å². The number of alkyl halides is 2. The second-order valence-corrected chi connectivity index (χ2v) is 10.5. The summed E-state index contributed by atoms with van der Waals surface area (Å²) in [5.74, 6) is -2.24. The number of nitrogens with one attached hydrogen (secondary N) is 2. The first-order valence-corrected chi connectivity index (χ1v) is 12.0. The normalized spacial score (nSPS) is 17.7. The summed E-state index contributed by atoms with van der Waals surface area (Å²) in [4.78, 5) is 40.3. The van der Waals surface area contributed by atoms with E-state index in [9.17, 15) is 19.6 Å². The average Bonchev–Trinajstić information content (AvgIpc) is 3.41. The lowest BCUT2D eigenvalue weighted by Crippen LogP contribution is -2.18. The van der Waals surface area contributed by atoms with Gasteiger partial charge in [0.05, 0.1) is 28.4 Å². The van der Waals surface area contributed by atoms with Gasteiger partial charge in [-0.1, -0.05) is 34.8 Å². The van der Waals surface area contributed by atoms with Crippen LogP contribution >= 0.6 is 58.0 Å². The Morgan fingerprint density at radius 3 is 2.31 bits per heavy atom. The number of rotatable bonds is 7. The van der Waals surface area contributed by atoms with Crippen LogP contribution in [0.1, 0.15) is 21.8 Å². The molecule has 3 N–H and O–H groups in total. The van der Waals surface area contributed by atoms with Crippen molar-refractivity contribution >= 4 is 93.4 Å². The molecule has 2 atom stereocenters. The zero-order chi connectivity index (χ0) is 26.2. The minimum Gasteiger partial charge on any atom is -0.326 e. The molecule has 3 amide bonds. The van der Waals surface area contributed by atoms with Crippen molar-refractivity contribution in [3.8, 4) is 0 Å². The molecule has 2 aromatic carbocycles. The van der Waals surface area contributed by atoms with Crippen molar-refractivity contribution in [2.75, 3.05) is 15.7 Å². The molecule has 1 aromatic heterocycles. The van der Waals surface area contributed by atoms with Crippen molar-refractivity contribution in [3.63, 3.8) is 0 Å². The number of carbonyl (C=O) groups is 3. The minimum atomic E-state index is -1.36. The standard InChI is InChI=1S/C23H15Cl5N4O4/c24-12-5-11(6-13(25)7-12)19-20(23(19,27)28)22(35)30-14-1-3-17(26)16(8-14)21(34)31-18-4-2-15(9-29-18)32(36)10-33/h1-10,19-20,36H,(H,30,35)(H,29,31,34). The predicted octanol–water partition coefficient (Wildman–Crippen LogP) is 6.17. The van der Waals surface area contributed by atoms with Gasteiger partial charge in [-0.3, -0.25) is 19.6 Å². The molecule has 2 unspecified atom stereocenters. The fourth-order valence-corrected chi connectivity index (χ4v) is 5.23. The number of pyridine rings is 1. The number of carbonyl (C=O) groups excluding carboxylic acids is 3. The lowest BCUT2D eigenvalue weighted by atomic mass is 10.1. The van der Waals surface area contributed by atoms with Crippen LogP contribution in [0.5, 0.6) is 0 Å². The Morgan fingerprint density at radius 1 is 1.00 bits per heavy atom. The predicted molar refractivity (Wildman–Crippen MR) is 140 cm³/mol. The summed E-state index contributed by atoms with van der Waals surface area (Å²) in [7, 11) is 0. The summed E-state index contributed by atoms with van der Waals surface area (Å²) < 4.78 is -1.36. The monoisotopic (exact) mass is 586 g/mol. The Hall–Kier alpha value is -2.59. The van der Waals surface area contributed by atoms with Gasteiger partial charge in [-0.05, 0) is 54.1 Å². The van der Waals surface area contributed by atoms with E-state index in [1.54, 1.807) is 18.2 Å². The second kappa shape index (κ2) is 10.4. The summed E-state index contributed by atoms with van der Waals surface area (Å²) >= 11 is 31.1. The molecule has 1 saturated carbocycles. The quantitative estimate of drug-likeness (QED) is 0.132. The van der Waals surface area contributed by atoms with Crippen molar-refractivity contribution in [2.24, 2.45) is 5.92 Å². The van der Waals surface area contributed by atoms with Gasteiger partial charge in [0.2, 0.25) is 12.3 Å². The SMILES string of the molecule is O=CN(O)c1ccc(NC(=O)c2cc(NC(=O)C3C(c4cc(Cl)cc(Cl)c4)C3(Cl)Cl)ccc2Cl)nc1. The highest BCUT2D eigenvalue weighted by atomic mass is 35.5. The van der Waals surface area contributed by atoms with Crippen molar-refractivity contribution in [2.45, 2.75) is 10.3 Å².